The molecule has 1 aliphatic rings. The molecule has 0 aromatic heterocycles. The Morgan fingerprint density at radius 1 is 1.17 bits per heavy atom. The monoisotopic (exact) mass is 310 g/mol. The number of hydrogen-bond donors (Lipinski definition) is 1. The molecule has 0 fully saturated rings. The topological polar surface area (TPSA) is 55.6 Å². The van der Waals surface area contributed by atoms with Gasteiger partial charge in [-0.25, -0.2) is 0 Å². The number of carbonyl (C=O) groups excluding carboxylic acids is 1. The standard InChI is InChI=1S/C19H22N2O2/c1-23-17-8-6-14(7-9-17)10-11-21-13-16-5-3-2-4-15(16)12-18(21)19(20)22/h2-9,18H,10-13H2,1H3,(H2,20,22). The number of primary amides is 1. The van der Waals surface area contributed by atoms with E-state index in [0.717, 1.165) is 25.3 Å². The van der Waals surface area contributed by atoms with Gasteiger partial charge in [-0.3, -0.25) is 9.69 Å². The molecule has 4 heteroatoms. The van der Waals surface area contributed by atoms with Crippen LogP contribution in [0.3, 0.4) is 0 Å². The number of ether oxygens (including phenoxy) is 1. The van der Waals surface area contributed by atoms with Crippen LogP contribution >= 0.6 is 0 Å². The van der Waals surface area contributed by atoms with Crippen molar-refractivity contribution in [3.8, 4) is 5.75 Å². The molecule has 1 amide bonds. The molecule has 3 rings (SSSR count). The number of carbonyl (C=O) groups is 1. The number of fused-ring (bicyclic) bond motifs is 1. The number of hydrogen-bond acceptors (Lipinski definition) is 3. The summed E-state index contributed by atoms with van der Waals surface area (Å²) in [5.41, 5.74) is 9.38. The lowest BCUT2D eigenvalue weighted by atomic mass is 9.93. The first kappa shape index (κ1) is 15.6. The molecule has 0 aliphatic carbocycles. The highest BCUT2D eigenvalue weighted by Crippen LogP contribution is 2.23. The van der Waals surface area contributed by atoms with Crippen molar-refractivity contribution in [3.63, 3.8) is 0 Å². The molecule has 120 valence electrons. The molecule has 2 N–H and O–H groups in total. The van der Waals surface area contributed by atoms with Crippen molar-refractivity contribution in [1.82, 2.24) is 4.90 Å². The van der Waals surface area contributed by atoms with Gasteiger partial charge in [-0.05, 0) is 41.7 Å². The third-order valence-corrected chi connectivity index (χ3v) is 4.52. The summed E-state index contributed by atoms with van der Waals surface area (Å²) >= 11 is 0. The molecule has 0 radical (unpaired) electrons. The second-order valence-corrected chi connectivity index (χ2v) is 5.96. The van der Waals surface area contributed by atoms with E-state index in [1.165, 1.54) is 16.7 Å². The molecule has 0 spiro atoms. The fraction of sp³-hybridized carbons (Fsp3) is 0.316. The van der Waals surface area contributed by atoms with Crippen molar-refractivity contribution in [2.24, 2.45) is 5.73 Å². The molecule has 4 nitrogen and oxygen atoms in total. The van der Waals surface area contributed by atoms with Gasteiger partial charge in [0.05, 0.1) is 13.2 Å². The normalized spacial score (nSPS) is 17.5. The second kappa shape index (κ2) is 6.84. The second-order valence-electron chi connectivity index (χ2n) is 5.96. The average molecular weight is 310 g/mol. The van der Waals surface area contributed by atoms with Crippen molar-refractivity contribution in [1.29, 1.82) is 0 Å². The summed E-state index contributed by atoms with van der Waals surface area (Å²) in [5, 5.41) is 0. The van der Waals surface area contributed by atoms with Crippen LogP contribution in [0.1, 0.15) is 16.7 Å². The van der Waals surface area contributed by atoms with Gasteiger partial charge >= 0.3 is 0 Å². The Morgan fingerprint density at radius 2 is 1.87 bits per heavy atom. The minimum absolute atomic E-state index is 0.219. The van der Waals surface area contributed by atoms with Gasteiger partial charge in [0.15, 0.2) is 0 Å². The fourth-order valence-electron chi connectivity index (χ4n) is 3.16. The SMILES string of the molecule is COc1ccc(CCN2Cc3ccccc3CC2C(N)=O)cc1. The van der Waals surface area contributed by atoms with E-state index in [1.807, 2.05) is 24.3 Å². The predicted octanol–water partition coefficient (Wildman–Crippen LogP) is 2.15. The Hall–Kier alpha value is -2.33. The smallest absolute Gasteiger partial charge is 0.235 e. The number of benzene rings is 2. The maximum absolute atomic E-state index is 11.8. The Morgan fingerprint density at radius 3 is 2.52 bits per heavy atom. The third kappa shape index (κ3) is 3.54. The number of methoxy groups -OCH3 is 1. The van der Waals surface area contributed by atoms with E-state index in [2.05, 4.69) is 29.2 Å². The van der Waals surface area contributed by atoms with Crippen molar-refractivity contribution in [3.05, 3.63) is 65.2 Å². The lowest BCUT2D eigenvalue weighted by molar-refractivity contribution is -0.123. The molecule has 1 unspecified atom stereocenters. The van der Waals surface area contributed by atoms with E-state index in [-0.39, 0.29) is 11.9 Å². The van der Waals surface area contributed by atoms with E-state index in [0.29, 0.717) is 6.42 Å². The Kier molecular flexibility index (Phi) is 4.63. The van der Waals surface area contributed by atoms with Crippen LogP contribution in [0.4, 0.5) is 0 Å². The van der Waals surface area contributed by atoms with Crippen molar-refractivity contribution >= 4 is 5.91 Å². The van der Waals surface area contributed by atoms with Gasteiger partial charge in [0.2, 0.25) is 5.91 Å². The summed E-state index contributed by atoms with van der Waals surface area (Å²) in [4.78, 5) is 14.0. The molecular weight excluding hydrogens is 288 g/mol. The van der Waals surface area contributed by atoms with Gasteiger partial charge < -0.3 is 10.5 Å². The van der Waals surface area contributed by atoms with E-state index in [4.69, 9.17) is 10.5 Å². The van der Waals surface area contributed by atoms with Crippen molar-refractivity contribution < 1.29 is 9.53 Å². The minimum Gasteiger partial charge on any atom is -0.497 e. The van der Waals surface area contributed by atoms with Crippen LogP contribution in [-0.4, -0.2) is 30.5 Å². The zero-order chi connectivity index (χ0) is 16.2. The maximum Gasteiger partial charge on any atom is 0.235 e. The van der Waals surface area contributed by atoms with E-state index in [1.54, 1.807) is 7.11 Å². The molecule has 0 bridgehead atoms. The largest absolute Gasteiger partial charge is 0.497 e. The lowest BCUT2D eigenvalue weighted by Gasteiger charge is -2.35. The molecule has 0 saturated carbocycles. The number of rotatable bonds is 5. The van der Waals surface area contributed by atoms with Crippen LogP contribution < -0.4 is 10.5 Å². The highest BCUT2D eigenvalue weighted by molar-refractivity contribution is 5.80. The molecule has 23 heavy (non-hydrogen) atoms. The van der Waals surface area contributed by atoms with Crippen LogP contribution in [0.2, 0.25) is 0 Å². The molecule has 1 heterocycles. The van der Waals surface area contributed by atoms with Crippen LogP contribution in [0.15, 0.2) is 48.5 Å². The number of nitrogens with two attached hydrogens (primary N) is 1. The quantitative estimate of drug-likeness (QED) is 0.920. The maximum atomic E-state index is 11.8. The van der Waals surface area contributed by atoms with Gasteiger partial charge in [0.25, 0.3) is 0 Å². The molecule has 2 aromatic carbocycles. The molecule has 1 atom stereocenters. The highest BCUT2D eigenvalue weighted by atomic mass is 16.5. The zero-order valence-electron chi connectivity index (χ0n) is 13.4. The van der Waals surface area contributed by atoms with Gasteiger partial charge in [0.1, 0.15) is 5.75 Å². The summed E-state index contributed by atoms with van der Waals surface area (Å²) in [7, 11) is 1.66. The predicted molar refractivity (Wildman–Crippen MR) is 90.2 cm³/mol. The lowest BCUT2D eigenvalue weighted by Crippen LogP contribution is -2.49. The third-order valence-electron chi connectivity index (χ3n) is 4.52. The number of nitrogens with zero attached hydrogens (tertiary/aromatic N) is 1. The summed E-state index contributed by atoms with van der Waals surface area (Å²) in [6.07, 6.45) is 1.59. The minimum atomic E-state index is -0.241. The Bertz CT molecular complexity index is 682. The first-order valence-corrected chi connectivity index (χ1v) is 7.90. The van der Waals surface area contributed by atoms with Crippen molar-refractivity contribution in [2.75, 3.05) is 13.7 Å². The van der Waals surface area contributed by atoms with Gasteiger partial charge in [-0.2, -0.15) is 0 Å². The van der Waals surface area contributed by atoms with Crippen LogP contribution in [0.25, 0.3) is 0 Å². The fourth-order valence-corrected chi connectivity index (χ4v) is 3.16. The number of amides is 1. The molecule has 1 aliphatic heterocycles. The van der Waals surface area contributed by atoms with Gasteiger partial charge in [-0.15, -0.1) is 0 Å². The van der Waals surface area contributed by atoms with E-state index in [9.17, 15) is 4.79 Å². The summed E-state index contributed by atoms with van der Waals surface area (Å²) in [6, 6.07) is 16.1. The van der Waals surface area contributed by atoms with Gasteiger partial charge in [-0.1, -0.05) is 36.4 Å². The van der Waals surface area contributed by atoms with Gasteiger partial charge in [0, 0.05) is 13.1 Å². The Labute approximate surface area is 136 Å². The van der Waals surface area contributed by atoms with Crippen LogP contribution in [-0.2, 0) is 24.2 Å². The molecular formula is C19H22N2O2. The Balaban J connectivity index is 1.71. The summed E-state index contributed by atoms with van der Waals surface area (Å²) in [5.74, 6) is 0.616. The molecule has 0 saturated heterocycles. The molecule has 2 aromatic rings. The van der Waals surface area contributed by atoms with Crippen LogP contribution in [0.5, 0.6) is 5.75 Å². The summed E-state index contributed by atoms with van der Waals surface area (Å²) < 4.78 is 5.18. The zero-order valence-corrected chi connectivity index (χ0v) is 13.4. The summed E-state index contributed by atoms with van der Waals surface area (Å²) in [6.45, 7) is 1.59. The van der Waals surface area contributed by atoms with E-state index < -0.39 is 0 Å². The van der Waals surface area contributed by atoms with E-state index >= 15 is 0 Å². The highest BCUT2D eigenvalue weighted by Gasteiger charge is 2.29. The van der Waals surface area contributed by atoms with Crippen molar-refractivity contribution in [2.45, 2.75) is 25.4 Å². The first-order valence-electron chi connectivity index (χ1n) is 7.90. The first-order chi connectivity index (χ1) is 11.2. The van der Waals surface area contributed by atoms with Crippen LogP contribution in [0, 0.1) is 0 Å². The average Bonchev–Trinajstić information content (AvgIpc) is 2.59.